The molecule has 0 aliphatic heterocycles. The van der Waals surface area contributed by atoms with Crippen LogP contribution in [-0.2, 0) is 4.74 Å². The number of hydrogen-bond acceptors (Lipinski definition) is 2. The van der Waals surface area contributed by atoms with E-state index in [0.29, 0.717) is 0 Å². The van der Waals surface area contributed by atoms with Gasteiger partial charge in [-0.25, -0.2) is 0 Å². The van der Waals surface area contributed by atoms with E-state index in [1.807, 2.05) is 0 Å². The van der Waals surface area contributed by atoms with Crippen molar-refractivity contribution in [3.8, 4) is 0 Å². The maximum Gasteiger partial charge on any atom is 0.0715 e. The molecule has 0 aliphatic carbocycles. The van der Waals surface area contributed by atoms with Gasteiger partial charge in [-0.05, 0) is 38.0 Å². The van der Waals surface area contributed by atoms with Gasteiger partial charge in [0, 0.05) is 19.3 Å². The number of aryl methyl sites for hydroxylation is 1. The lowest BCUT2D eigenvalue weighted by atomic mass is 10.1. The molecule has 0 saturated heterocycles. The molecule has 0 bridgehead atoms. The summed E-state index contributed by atoms with van der Waals surface area (Å²) in [6.45, 7) is 7.16. The van der Waals surface area contributed by atoms with Crippen molar-refractivity contribution in [2.45, 2.75) is 26.9 Å². The molecular formula is C12H19NO. The standard InChI is InChI=1S/C12H19NO/c1-9-6-5-7-12(11(9)3)13-8-10(2)14-4/h5-7,10,13H,8H2,1-4H3. The van der Waals surface area contributed by atoms with Crippen LogP contribution < -0.4 is 5.32 Å². The van der Waals surface area contributed by atoms with Crippen LogP contribution in [0.3, 0.4) is 0 Å². The number of nitrogens with one attached hydrogen (secondary N) is 1. The summed E-state index contributed by atoms with van der Waals surface area (Å²) in [5, 5.41) is 3.38. The molecule has 1 aromatic rings. The molecule has 1 aromatic carbocycles. The van der Waals surface area contributed by atoms with Crippen LogP contribution in [0, 0.1) is 13.8 Å². The van der Waals surface area contributed by atoms with Gasteiger partial charge in [0.05, 0.1) is 6.10 Å². The maximum absolute atomic E-state index is 5.18. The van der Waals surface area contributed by atoms with Gasteiger partial charge in [0.2, 0.25) is 0 Å². The molecular weight excluding hydrogens is 174 g/mol. The van der Waals surface area contributed by atoms with E-state index in [9.17, 15) is 0 Å². The first-order chi connectivity index (χ1) is 6.65. The molecule has 0 amide bonds. The van der Waals surface area contributed by atoms with Gasteiger partial charge >= 0.3 is 0 Å². The molecule has 1 unspecified atom stereocenters. The summed E-state index contributed by atoms with van der Waals surface area (Å²) in [6.07, 6.45) is 0.245. The highest BCUT2D eigenvalue weighted by Crippen LogP contribution is 2.17. The van der Waals surface area contributed by atoms with E-state index < -0.39 is 0 Å². The van der Waals surface area contributed by atoms with Gasteiger partial charge in [0.15, 0.2) is 0 Å². The highest BCUT2D eigenvalue weighted by atomic mass is 16.5. The van der Waals surface area contributed by atoms with Crippen molar-refractivity contribution in [3.63, 3.8) is 0 Å². The van der Waals surface area contributed by atoms with Crippen molar-refractivity contribution in [2.24, 2.45) is 0 Å². The van der Waals surface area contributed by atoms with Crippen LogP contribution in [0.4, 0.5) is 5.69 Å². The Morgan fingerprint density at radius 1 is 1.36 bits per heavy atom. The maximum atomic E-state index is 5.18. The smallest absolute Gasteiger partial charge is 0.0715 e. The molecule has 2 heteroatoms. The zero-order chi connectivity index (χ0) is 10.6. The van der Waals surface area contributed by atoms with Crippen molar-refractivity contribution >= 4 is 5.69 Å². The van der Waals surface area contributed by atoms with Crippen molar-refractivity contribution in [2.75, 3.05) is 19.0 Å². The fraction of sp³-hybridized carbons (Fsp3) is 0.500. The van der Waals surface area contributed by atoms with E-state index in [4.69, 9.17) is 4.74 Å². The molecule has 14 heavy (non-hydrogen) atoms. The van der Waals surface area contributed by atoms with Crippen molar-refractivity contribution < 1.29 is 4.74 Å². The third kappa shape index (κ3) is 2.74. The topological polar surface area (TPSA) is 21.3 Å². The normalized spacial score (nSPS) is 12.6. The summed E-state index contributed by atoms with van der Waals surface area (Å²) in [5.74, 6) is 0. The average Bonchev–Trinajstić information content (AvgIpc) is 2.20. The Labute approximate surface area is 86.3 Å². The van der Waals surface area contributed by atoms with Gasteiger partial charge < -0.3 is 10.1 Å². The number of ether oxygens (including phenoxy) is 1. The van der Waals surface area contributed by atoms with Crippen LogP contribution >= 0.6 is 0 Å². The summed E-state index contributed by atoms with van der Waals surface area (Å²) < 4.78 is 5.18. The number of rotatable bonds is 4. The first kappa shape index (κ1) is 11.1. The molecule has 0 fully saturated rings. The third-order valence-electron chi connectivity index (χ3n) is 2.59. The predicted octanol–water partition coefficient (Wildman–Crippen LogP) is 2.75. The van der Waals surface area contributed by atoms with Crippen LogP contribution in [0.1, 0.15) is 18.1 Å². The minimum Gasteiger partial charge on any atom is -0.382 e. The number of hydrogen-bond donors (Lipinski definition) is 1. The fourth-order valence-corrected chi connectivity index (χ4v) is 1.28. The molecule has 0 spiro atoms. The van der Waals surface area contributed by atoms with E-state index in [1.165, 1.54) is 16.8 Å². The number of benzene rings is 1. The molecule has 2 nitrogen and oxygen atoms in total. The molecule has 1 N–H and O–H groups in total. The van der Waals surface area contributed by atoms with Crippen molar-refractivity contribution in [1.29, 1.82) is 0 Å². The lowest BCUT2D eigenvalue weighted by Gasteiger charge is -2.14. The molecule has 78 valence electrons. The molecule has 1 rings (SSSR count). The monoisotopic (exact) mass is 193 g/mol. The Hall–Kier alpha value is -1.02. The van der Waals surface area contributed by atoms with Gasteiger partial charge in [0.25, 0.3) is 0 Å². The van der Waals surface area contributed by atoms with Crippen LogP contribution in [0.5, 0.6) is 0 Å². The Morgan fingerprint density at radius 3 is 2.71 bits per heavy atom. The Balaban J connectivity index is 2.63. The van der Waals surface area contributed by atoms with Crippen LogP contribution in [0.15, 0.2) is 18.2 Å². The minimum atomic E-state index is 0.245. The Bertz CT molecular complexity index is 296. The van der Waals surface area contributed by atoms with Crippen molar-refractivity contribution in [3.05, 3.63) is 29.3 Å². The fourth-order valence-electron chi connectivity index (χ4n) is 1.28. The van der Waals surface area contributed by atoms with Gasteiger partial charge in [-0.1, -0.05) is 12.1 Å². The van der Waals surface area contributed by atoms with Crippen LogP contribution in [-0.4, -0.2) is 19.8 Å². The van der Waals surface area contributed by atoms with E-state index in [0.717, 1.165) is 6.54 Å². The largest absolute Gasteiger partial charge is 0.382 e. The Kier molecular flexibility index (Phi) is 3.96. The third-order valence-corrected chi connectivity index (χ3v) is 2.59. The molecule has 0 radical (unpaired) electrons. The van der Waals surface area contributed by atoms with E-state index in [1.54, 1.807) is 7.11 Å². The second kappa shape index (κ2) is 5.01. The second-order valence-electron chi connectivity index (χ2n) is 3.67. The summed E-state index contributed by atoms with van der Waals surface area (Å²) in [4.78, 5) is 0. The molecule has 0 aromatic heterocycles. The van der Waals surface area contributed by atoms with Gasteiger partial charge in [-0.15, -0.1) is 0 Å². The van der Waals surface area contributed by atoms with Gasteiger partial charge in [-0.2, -0.15) is 0 Å². The molecule has 0 aliphatic rings. The van der Waals surface area contributed by atoms with E-state index in [2.05, 4.69) is 44.3 Å². The highest BCUT2D eigenvalue weighted by molar-refractivity contribution is 5.53. The lowest BCUT2D eigenvalue weighted by Crippen LogP contribution is -2.18. The van der Waals surface area contributed by atoms with E-state index >= 15 is 0 Å². The number of methoxy groups -OCH3 is 1. The predicted molar refractivity (Wildman–Crippen MR) is 60.9 cm³/mol. The van der Waals surface area contributed by atoms with E-state index in [-0.39, 0.29) is 6.10 Å². The molecule has 0 heterocycles. The zero-order valence-corrected chi connectivity index (χ0v) is 9.42. The Morgan fingerprint density at radius 2 is 2.07 bits per heavy atom. The van der Waals surface area contributed by atoms with Crippen LogP contribution in [0.2, 0.25) is 0 Å². The summed E-state index contributed by atoms with van der Waals surface area (Å²) in [7, 11) is 1.73. The van der Waals surface area contributed by atoms with Gasteiger partial charge in [0.1, 0.15) is 0 Å². The summed E-state index contributed by atoms with van der Waals surface area (Å²) in [5.41, 5.74) is 3.84. The first-order valence-electron chi connectivity index (χ1n) is 4.98. The SMILES string of the molecule is COC(C)CNc1cccc(C)c1C. The second-order valence-corrected chi connectivity index (χ2v) is 3.67. The molecule has 1 atom stereocenters. The summed E-state index contributed by atoms with van der Waals surface area (Å²) in [6, 6.07) is 6.30. The number of anilines is 1. The zero-order valence-electron chi connectivity index (χ0n) is 9.42. The highest BCUT2D eigenvalue weighted by Gasteiger charge is 2.02. The lowest BCUT2D eigenvalue weighted by molar-refractivity contribution is 0.129. The minimum absolute atomic E-state index is 0.245. The molecule has 0 saturated carbocycles. The average molecular weight is 193 g/mol. The quantitative estimate of drug-likeness (QED) is 0.794. The van der Waals surface area contributed by atoms with Gasteiger partial charge in [-0.3, -0.25) is 0 Å². The van der Waals surface area contributed by atoms with Crippen LogP contribution in [0.25, 0.3) is 0 Å². The first-order valence-corrected chi connectivity index (χ1v) is 4.98. The van der Waals surface area contributed by atoms with Crippen molar-refractivity contribution in [1.82, 2.24) is 0 Å². The summed E-state index contributed by atoms with van der Waals surface area (Å²) >= 11 is 0.